The molecule has 1 fully saturated rings. The molecule has 18 heavy (non-hydrogen) atoms. The summed E-state index contributed by atoms with van der Waals surface area (Å²) in [5.41, 5.74) is -0.679. The summed E-state index contributed by atoms with van der Waals surface area (Å²) in [5.74, 6) is -0.343. The molecule has 1 unspecified atom stereocenters. The van der Waals surface area contributed by atoms with E-state index < -0.39 is 18.1 Å². The van der Waals surface area contributed by atoms with Crippen molar-refractivity contribution in [3.63, 3.8) is 0 Å². The van der Waals surface area contributed by atoms with E-state index in [0.717, 1.165) is 4.90 Å². The van der Waals surface area contributed by atoms with Crippen LogP contribution in [0.25, 0.3) is 0 Å². The minimum atomic E-state index is -4.34. The van der Waals surface area contributed by atoms with Gasteiger partial charge in [0.15, 0.2) is 0 Å². The van der Waals surface area contributed by atoms with E-state index in [2.05, 4.69) is 5.32 Å². The fourth-order valence-electron chi connectivity index (χ4n) is 2.49. The molecule has 1 saturated heterocycles. The number of carbonyl (C=O) groups is 1. The van der Waals surface area contributed by atoms with Crippen LogP contribution in [0.1, 0.15) is 27.2 Å². The highest BCUT2D eigenvalue weighted by Crippen LogP contribution is 2.36. The zero-order chi connectivity index (χ0) is 14.0. The van der Waals surface area contributed by atoms with Gasteiger partial charge >= 0.3 is 6.18 Å². The number of halogens is 3. The van der Waals surface area contributed by atoms with Crippen molar-refractivity contribution in [3.05, 3.63) is 0 Å². The molecule has 0 aromatic rings. The molecule has 1 aliphatic heterocycles. The minimum absolute atomic E-state index is 0.0299. The summed E-state index contributed by atoms with van der Waals surface area (Å²) < 4.78 is 37.4. The van der Waals surface area contributed by atoms with Gasteiger partial charge in [0.1, 0.15) is 6.54 Å². The Morgan fingerprint density at radius 3 is 2.39 bits per heavy atom. The first-order valence-electron chi connectivity index (χ1n) is 6.30. The molecule has 3 nitrogen and oxygen atoms in total. The summed E-state index contributed by atoms with van der Waals surface area (Å²) >= 11 is 0. The summed E-state index contributed by atoms with van der Waals surface area (Å²) in [6, 6.07) is 0. The number of hydrogen-bond acceptors (Lipinski definition) is 2. The lowest BCUT2D eigenvalue weighted by Gasteiger charge is -2.36. The highest BCUT2D eigenvalue weighted by molar-refractivity contribution is 5.83. The van der Waals surface area contributed by atoms with Crippen LogP contribution in [0.3, 0.4) is 0 Å². The molecule has 1 aliphatic rings. The quantitative estimate of drug-likeness (QED) is 0.844. The predicted molar refractivity (Wildman–Crippen MR) is 63.1 cm³/mol. The van der Waals surface area contributed by atoms with E-state index in [-0.39, 0.29) is 18.4 Å². The molecule has 0 saturated carbocycles. The second-order valence-corrected chi connectivity index (χ2v) is 5.17. The molecule has 0 bridgehead atoms. The van der Waals surface area contributed by atoms with Crippen LogP contribution in [0.4, 0.5) is 13.2 Å². The fourth-order valence-corrected chi connectivity index (χ4v) is 2.49. The average molecular weight is 266 g/mol. The lowest BCUT2D eigenvalue weighted by Crippen LogP contribution is -2.50. The summed E-state index contributed by atoms with van der Waals surface area (Å²) in [5, 5.41) is 3.09. The molecule has 1 N–H and O–H groups in total. The van der Waals surface area contributed by atoms with Crippen molar-refractivity contribution >= 4 is 5.91 Å². The van der Waals surface area contributed by atoms with Gasteiger partial charge in [0, 0.05) is 13.1 Å². The van der Waals surface area contributed by atoms with Gasteiger partial charge in [0.05, 0.1) is 5.41 Å². The summed E-state index contributed by atoms with van der Waals surface area (Å²) in [6.45, 7) is 5.47. The number of amides is 1. The van der Waals surface area contributed by atoms with E-state index in [1.807, 2.05) is 13.8 Å². The molecule has 0 aromatic heterocycles. The van der Waals surface area contributed by atoms with E-state index in [4.69, 9.17) is 0 Å². The van der Waals surface area contributed by atoms with Gasteiger partial charge in [-0.15, -0.1) is 0 Å². The van der Waals surface area contributed by atoms with Gasteiger partial charge in [-0.2, -0.15) is 13.2 Å². The van der Waals surface area contributed by atoms with Crippen LogP contribution in [0.2, 0.25) is 0 Å². The first kappa shape index (κ1) is 15.3. The number of rotatable bonds is 4. The Labute approximate surface area is 106 Å². The van der Waals surface area contributed by atoms with Gasteiger partial charge < -0.3 is 10.2 Å². The molecule has 0 spiro atoms. The van der Waals surface area contributed by atoms with Crippen molar-refractivity contribution in [1.82, 2.24) is 10.2 Å². The molecule has 0 radical (unpaired) electrons. The standard InChI is InChI=1S/C12H21F3N2O/c1-4-17(8-12(13,14)15)10(18)11(9(2)3)5-6-16-7-11/h9,16H,4-8H2,1-3H3. The van der Waals surface area contributed by atoms with Crippen LogP contribution in [-0.4, -0.2) is 43.2 Å². The van der Waals surface area contributed by atoms with E-state index in [0.29, 0.717) is 19.5 Å². The molecule has 106 valence electrons. The molecule has 0 aliphatic carbocycles. The summed E-state index contributed by atoms with van der Waals surface area (Å²) in [6.07, 6.45) is -3.73. The summed E-state index contributed by atoms with van der Waals surface area (Å²) in [7, 11) is 0. The molecule has 1 rings (SSSR count). The molecular weight excluding hydrogens is 245 g/mol. The maximum atomic E-state index is 12.5. The Kier molecular flexibility index (Phi) is 4.64. The van der Waals surface area contributed by atoms with E-state index in [9.17, 15) is 18.0 Å². The van der Waals surface area contributed by atoms with Crippen molar-refractivity contribution in [3.8, 4) is 0 Å². The third kappa shape index (κ3) is 3.16. The lowest BCUT2D eigenvalue weighted by molar-refractivity contribution is -0.168. The van der Waals surface area contributed by atoms with Crippen molar-refractivity contribution in [2.24, 2.45) is 11.3 Å². The van der Waals surface area contributed by atoms with Crippen LogP contribution < -0.4 is 5.32 Å². The number of hydrogen-bond donors (Lipinski definition) is 1. The Morgan fingerprint density at radius 2 is 2.06 bits per heavy atom. The van der Waals surface area contributed by atoms with Crippen molar-refractivity contribution in [2.75, 3.05) is 26.2 Å². The number of alkyl halides is 3. The topological polar surface area (TPSA) is 32.3 Å². The molecule has 1 atom stereocenters. The van der Waals surface area contributed by atoms with Crippen LogP contribution in [-0.2, 0) is 4.79 Å². The average Bonchev–Trinajstić information content (AvgIpc) is 2.73. The Morgan fingerprint density at radius 1 is 1.44 bits per heavy atom. The maximum absolute atomic E-state index is 12.5. The van der Waals surface area contributed by atoms with Crippen molar-refractivity contribution < 1.29 is 18.0 Å². The van der Waals surface area contributed by atoms with Crippen LogP contribution >= 0.6 is 0 Å². The van der Waals surface area contributed by atoms with Crippen LogP contribution in [0, 0.1) is 11.3 Å². The highest BCUT2D eigenvalue weighted by atomic mass is 19.4. The third-order valence-electron chi connectivity index (χ3n) is 3.76. The van der Waals surface area contributed by atoms with Gasteiger partial charge in [-0.05, 0) is 25.8 Å². The van der Waals surface area contributed by atoms with Gasteiger partial charge in [0.25, 0.3) is 0 Å². The molecule has 1 heterocycles. The Balaban J connectivity index is 2.88. The fraction of sp³-hybridized carbons (Fsp3) is 0.917. The van der Waals surface area contributed by atoms with Gasteiger partial charge in [-0.1, -0.05) is 13.8 Å². The Hall–Kier alpha value is -0.780. The van der Waals surface area contributed by atoms with Crippen molar-refractivity contribution in [1.29, 1.82) is 0 Å². The second-order valence-electron chi connectivity index (χ2n) is 5.17. The third-order valence-corrected chi connectivity index (χ3v) is 3.76. The smallest absolute Gasteiger partial charge is 0.333 e. The normalized spacial score (nSPS) is 24.6. The van der Waals surface area contributed by atoms with Gasteiger partial charge in [-0.25, -0.2) is 0 Å². The Bertz CT molecular complexity index is 296. The van der Waals surface area contributed by atoms with Crippen LogP contribution in [0.5, 0.6) is 0 Å². The molecule has 6 heteroatoms. The molecular formula is C12H21F3N2O. The van der Waals surface area contributed by atoms with E-state index in [1.165, 1.54) is 0 Å². The zero-order valence-electron chi connectivity index (χ0n) is 11.1. The molecule has 0 aromatic carbocycles. The van der Waals surface area contributed by atoms with E-state index >= 15 is 0 Å². The first-order chi connectivity index (χ1) is 8.23. The van der Waals surface area contributed by atoms with Crippen LogP contribution in [0.15, 0.2) is 0 Å². The van der Waals surface area contributed by atoms with Crippen molar-refractivity contribution in [2.45, 2.75) is 33.4 Å². The van der Waals surface area contributed by atoms with Gasteiger partial charge in [0.2, 0.25) is 5.91 Å². The summed E-state index contributed by atoms with van der Waals surface area (Å²) in [4.78, 5) is 13.3. The molecule has 1 amide bonds. The number of nitrogens with zero attached hydrogens (tertiary/aromatic N) is 1. The van der Waals surface area contributed by atoms with E-state index in [1.54, 1.807) is 6.92 Å². The monoisotopic (exact) mass is 266 g/mol. The SMILES string of the molecule is CCN(CC(F)(F)F)C(=O)C1(C(C)C)CCNC1. The highest BCUT2D eigenvalue weighted by Gasteiger charge is 2.47. The largest absolute Gasteiger partial charge is 0.406 e. The van der Waals surface area contributed by atoms with Gasteiger partial charge in [-0.3, -0.25) is 4.79 Å². The lowest BCUT2D eigenvalue weighted by atomic mass is 9.75. The second kappa shape index (κ2) is 5.47. The zero-order valence-corrected chi connectivity index (χ0v) is 11.1. The number of nitrogens with one attached hydrogen (secondary N) is 1. The predicted octanol–water partition coefficient (Wildman–Crippen LogP) is 2.03. The first-order valence-corrected chi connectivity index (χ1v) is 6.30. The maximum Gasteiger partial charge on any atom is 0.406 e. The minimum Gasteiger partial charge on any atom is -0.333 e. The number of carbonyl (C=O) groups excluding carboxylic acids is 1.